The molecule has 0 atom stereocenters. The molecule has 0 fully saturated rings. The molecule has 116 valence electrons. The van der Waals surface area contributed by atoms with Crippen molar-refractivity contribution < 1.29 is 9.53 Å². The van der Waals surface area contributed by atoms with Crippen molar-refractivity contribution in [3.8, 4) is 0 Å². The number of rotatable bonds is 5. The predicted molar refractivity (Wildman–Crippen MR) is 89.3 cm³/mol. The van der Waals surface area contributed by atoms with E-state index in [0.717, 1.165) is 16.5 Å². The van der Waals surface area contributed by atoms with Crippen molar-refractivity contribution in [2.45, 2.75) is 26.8 Å². The number of hydrogen-bond acceptors (Lipinski definition) is 3. The van der Waals surface area contributed by atoms with Crippen LogP contribution in [0.15, 0.2) is 45.8 Å². The summed E-state index contributed by atoms with van der Waals surface area (Å²) in [5, 5.41) is 0. The molecule has 0 aliphatic heterocycles. The predicted octanol–water partition coefficient (Wildman–Crippen LogP) is 3.53. The Bertz CT molecular complexity index is 720. The van der Waals surface area contributed by atoms with E-state index in [1.165, 1.54) is 0 Å². The minimum atomic E-state index is -0.316. The lowest BCUT2D eigenvalue weighted by Crippen LogP contribution is -2.22. The summed E-state index contributed by atoms with van der Waals surface area (Å²) in [5.74, 6) is -0.316. The van der Waals surface area contributed by atoms with Crippen molar-refractivity contribution in [1.29, 1.82) is 0 Å². The van der Waals surface area contributed by atoms with E-state index in [1.54, 1.807) is 35.9 Å². The van der Waals surface area contributed by atoms with Gasteiger partial charge in [0.15, 0.2) is 0 Å². The van der Waals surface area contributed by atoms with Crippen molar-refractivity contribution in [2.24, 2.45) is 0 Å². The lowest BCUT2D eigenvalue weighted by Gasteiger charge is -2.09. The second kappa shape index (κ2) is 7.40. The summed E-state index contributed by atoms with van der Waals surface area (Å²) in [6.07, 6.45) is 2.56. The molecule has 4 nitrogen and oxygen atoms in total. The summed E-state index contributed by atoms with van der Waals surface area (Å²) in [6, 6.07) is 8.93. The van der Waals surface area contributed by atoms with Crippen LogP contribution in [0.5, 0.6) is 0 Å². The maximum Gasteiger partial charge on any atom is 0.338 e. The van der Waals surface area contributed by atoms with Crippen LogP contribution >= 0.6 is 15.9 Å². The fraction of sp³-hybridized carbons (Fsp3) is 0.294. The van der Waals surface area contributed by atoms with Gasteiger partial charge in [-0.3, -0.25) is 4.79 Å². The summed E-state index contributed by atoms with van der Waals surface area (Å²) in [4.78, 5) is 23.8. The molecule has 0 saturated carbocycles. The van der Waals surface area contributed by atoms with Crippen molar-refractivity contribution in [3.63, 3.8) is 0 Å². The molecular weight excluding hydrogens is 346 g/mol. The Morgan fingerprint density at radius 1 is 1.27 bits per heavy atom. The average molecular weight is 364 g/mol. The van der Waals surface area contributed by atoms with E-state index in [4.69, 9.17) is 4.74 Å². The minimum absolute atomic E-state index is 0.0189. The summed E-state index contributed by atoms with van der Waals surface area (Å²) >= 11 is 3.39. The number of carbonyl (C=O) groups excluding carboxylic acids is 1. The van der Waals surface area contributed by atoms with E-state index >= 15 is 0 Å². The first-order chi connectivity index (χ1) is 10.5. The number of carbonyl (C=O) groups is 1. The molecule has 2 rings (SSSR count). The Hall–Kier alpha value is -1.88. The smallest absolute Gasteiger partial charge is 0.338 e. The molecule has 0 aliphatic rings. The van der Waals surface area contributed by atoms with Gasteiger partial charge in [0.05, 0.1) is 18.7 Å². The first-order valence-corrected chi connectivity index (χ1v) is 7.93. The molecule has 0 spiro atoms. The maximum atomic E-state index is 12.1. The number of ether oxygens (including phenoxy) is 1. The van der Waals surface area contributed by atoms with E-state index < -0.39 is 0 Å². The molecule has 1 heterocycles. The first-order valence-electron chi connectivity index (χ1n) is 7.14. The van der Waals surface area contributed by atoms with Crippen LogP contribution in [0.25, 0.3) is 0 Å². The van der Waals surface area contributed by atoms with Crippen LogP contribution < -0.4 is 5.56 Å². The van der Waals surface area contributed by atoms with E-state index in [1.807, 2.05) is 19.1 Å². The standard InChI is InChI=1S/C17H18BrNO3/c1-3-8-22-17(21)14-6-4-13(5-7-14)10-19-11-15(18)9-12(2)16(19)20/h4-7,9,11H,3,8,10H2,1-2H3. The van der Waals surface area contributed by atoms with Crippen LogP contribution in [0.4, 0.5) is 0 Å². The number of pyridine rings is 1. The van der Waals surface area contributed by atoms with Gasteiger partial charge in [0, 0.05) is 16.2 Å². The first kappa shape index (κ1) is 16.5. The SMILES string of the molecule is CCCOC(=O)c1ccc(Cn2cc(Br)cc(C)c2=O)cc1. The van der Waals surface area contributed by atoms with Crippen LogP contribution in [0.3, 0.4) is 0 Å². The van der Waals surface area contributed by atoms with Crippen molar-refractivity contribution >= 4 is 21.9 Å². The van der Waals surface area contributed by atoms with E-state index in [0.29, 0.717) is 24.3 Å². The molecule has 0 N–H and O–H groups in total. The van der Waals surface area contributed by atoms with Gasteiger partial charge in [-0.15, -0.1) is 0 Å². The molecule has 0 amide bonds. The van der Waals surface area contributed by atoms with Gasteiger partial charge in [-0.25, -0.2) is 4.79 Å². The van der Waals surface area contributed by atoms with Crippen molar-refractivity contribution in [1.82, 2.24) is 4.57 Å². The van der Waals surface area contributed by atoms with Crippen LogP contribution in [0.1, 0.15) is 34.8 Å². The summed E-state index contributed by atoms with van der Waals surface area (Å²) in [7, 11) is 0. The highest BCUT2D eigenvalue weighted by molar-refractivity contribution is 9.10. The zero-order chi connectivity index (χ0) is 16.1. The van der Waals surface area contributed by atoms with E-state index in [2.05, 4.69) is 15.9 Å². The molecular formula is C17H18BrNO3. The second-order valence-corrected chi connectivity index (χ2v) is 6.02. The Morgan fingerprint density at radius 2 is 1.95 bits per heavy atom. The number of hydrogen-bond donors (Lipinski definition) is 0. The quantitative estimate of drug-likeness (QED) is 0.763. The van der Waals surface area contributed by atoms with Crippen LogP contribution in [0, 0.1) is 6.92 Å². The van der Waals surface area contributed by atoms with Gasteiger partial charge in [0.25, 0.3) is 5.56 Å². The van der Waals surface area contributed by atoms with Gasteiger partial charge in [-0.2, -0.15) is 0 Å². The zero-order valence-electron chi connectivity index (χ0n) is 12.6. The van der Waals surface area contributed by atoms with Gasteiger partial charge in [-0.05, 0) is 53.0 Å². The van der Waals surface area contributed by atoms with E-state index in [-0.39, 0.29) is 11.5 Å². The lowest BCUT2D eigenvalue weighted by atomic mass is 10.1. The lowest BCUT2D eigenvalue weighted by molar-refractivity contribution is 0.0505. The van der Waals surface area contributed by atoms with Gasteiger partial charge in [0.1, 0.15) is 0 Å². The number of aromatic nitrogens is 1. The highest BCUT2D eigenvalue weighted by Gasteiger charge is 2.07. The molecule has 0 radical (unpaired) electrons. The number of nitrogens with zero attached hydrogens (tertiary/aromatic N) is 1. The maximum absolute atomic E-state index is 12.1. The molecule has 0 unspecified atom stereocenters. The number of halogens is 1. The molecule has 0 saturated heterocycles. The zero-order valence-corrected chi connectivity index (χ0v) is 14.2. The summed E-state index contributed by atoms with van der Waals surface area (Å²) in [6.45, 7) is 4.63. The monoisotopic (exact) mass is 363 g/mol. The Kier molecular flexibility index (Phi) is 5.55. The molecule has 0 aliphatic carbocycles. The largest absolute Gasteiger partial charge is 0.462 e. The fourth-order valence-electron chi connectivity index (χ4n) is 2.08. The molecule has 0 bridgehead atoms. The van der Waals surface area contributed by atoms with Crippen LogP contribution in [-0.4, -0.2) is 17.1 Å². The summed E-state index contributed by atoms with van der Waals surface area (Å²) < 4.78 is 7.59. The van der Waals surface area contributed by atoms with Gasteiger partial charge >= 0.3 is 5.97 Å². The highest BCUT2D eigenvalue weighted by Crippen LogP contribution is 2.11. The number of aryl methyl sites for hydroxylation is 1. The van der Waals surface area contributed by atoms with Gasteiger partial charge in [0.2, 0.25) is 0 Å². The van der Waals surface area contributed by atoms with Gasteiger partial charge < -0.3 is 9.30 Å². The van der Waals surface area contributed by atoms with Crippen LogP contribution in [-0.2, 0) is 11.3 Å². The van der Waals surface area contributed by atoms with E-state index in [9.17, 15) is 9.59 Å². The number of benzene rings is 1. The minimum Gasteiger partial charge on any atom is -0.462 e. The third-order valence-corrected chi connectivity index (χ3v) is 3.65. The van der Waals surface area contributed by atoms with Crippen molar-refractivity contribution in [3.05, 3.63) is 68.0 Å². The highest BCUT2D eigenvalue weighted by atomic mass is 79.9. The Morgan fingerprint density at radius 3 is 2.59 bits per heavy atom. The topological polar surface area (TPSA) is 48.3 Å². The molecule has 5 heteroatoms. The molecule has 1 aromatic heterocycles. The third kappa shape index (κ3) is 4.07. The Labute approximate surface area is 137 Å². The van der Waals surface area contributed by atoms with Crippen molar-refractivity contribution in [2.75, 3.05) is 6.61 Å². The Balaban J connectivity index is 2.15. The number of esters is 1. The fourth-order valence-corrected chi connectivity index (χ4v) is 2.67. The molecule has 1 aromatic carbocycles. The summed E-state index contributed by atoms with van der Waals surface area (Å²) in [5.41, 5.74) is 2.14. The second-order valence-electron chi connectivity index (χ2n) is 5.11. The third-order valence-electron chi connectivity index (χ3n) is 3.21. The normalized spacial score (nSPS) is 10.5. The molecule has 2 aromatic rings. The average Bonchev–Trinajstić information content (AvgIpc) is 2.50. The van der Waals surface area contributed by atoms with Gasteiger partial charge in [-0.1, -0.05) is 19.1 Å². The molecule has 22 heavy (non-hydrogen) atoms. The van der Waals surface area contributed by atoms with Crippen LogP contribution in [0.2, 0.25) is 0 Å².